The standard InChI is InChI=1S/C21H28N2S/c1-2-7-16-12-13-22-14-17(16)15-23-18-8-3-5-10-20(18)24-21-11-6-4-9-19(21)23/h3-6,8-11,16-18,20,22H,2,7,12-15H2,1H3. The highest BCUT2D eigenvalue weighted by Crippen LogP contribution is 2.44. The summed E-state index contributed by atoms with van der Waals surface area (Å²) in [4.78, 5) is 4.13. The van der Waals surface area contributed by atoms with E-state index in [9.17, 15) is 0 Å². The summed E-state index contributed by atoms with van der Waals surface area (Å²) in [7, 11) is 0. The molecule has 0 amide bonds. The molecule has 0 spiro atoms. The van der Waals surface area contributed by atoms with Gasteiger partial charge in [0.2, 0.25) is 0 Å². The average Bonchev–Trinajstić information content (AvgIpc) is 2.63. The highest BCUT2D eigenvalue weighted by atomic mass is 32.2. The topological polar surface area (TPSA) is 15.3 Å². The van der Waals surface area contributed by atoms with E-state index in [0.29, 0.717) is 11.3 Å². The Bertz CT molecular complexity index is 622. The van der Waals surface area contributed by atoms with E-state index in [1.807, 2.05) is 11.8 Å². The van der Waals surface area contributed by atoms with Crippen LogP contribution in [0.1, 0.15) is 26.2 Å². The number of benzene rings is 1. The number of hydrogen-bond donors (Lipinski definition) is 1. The van der Waals surface area contributed by atoms with Crippen molar-refractivity contribution in [3.8, 4) is 0 Å². The normalized spacial score (nSPS) is 31.6. The zero-order valence-corrected chi connectivity index (χ0v) is 15.3. The third-order valence-electron chi connectivity index (χ3n) is 5.71. The predicted molar refractivity (Wildman–Crippen MR) is 105 cm³/mol. The third-order valence-corrected chi connectivity index (χ3v) is 7.02. The van der Waals surface area contributed by atoms with E-state index in [2.05, 4.69) is 65.7 Å². The third kappa shape index (κ3) is 3.16. The van der Waals surface area contributed by atoms with Crippen LogP contribution in [0.15, 0.2) is 53.5 Å². The smallest absolute Gasteiger partial charge is 0.0634 e. The van der Waals surface area contributed by atoms with Crippen molar-refractivity contribution in [1.29, 1.82) is 0 Å². The summed E-state index contributed by atoms with van der Waals surface area (Å²) in [5.41, 5.74) is 1.43. The Morgan fingerprint density at radius 1 is 1.17 bits per heavy atom. The average molecular weight is 341 g/mol. The van der Waals surface area contributed by atoms with Crippen molar-refractivity contribution >= 4 is 17.4 Å². The second-order valence-corrected chi connectivity index (χ2v) is 8.48. The summed E-state index contributed by atoms with van der Waals surface area (Å²) < 4.78 is 0. The van der Waals surface area contributed by atoms with Crippen LogP contribution in [0.3, 0.4) is 0 Å². The number of nitrogens with zero attached hydrogens (tertiary/aromatic N) is 1. The lowest BCUT2D eigenvalue weighted by Gasteiger charge is -2.45. The maximum atomic E-state index is 3.64. The van der Waals surface area contributed by atoms with Crippen molar-refractivity contribution in [2.24, 2.45) is 11.8 Å². The maximum absolute atomic E-state index is 3.64. The Labute approximate surface area is 150 Å². The Kier molecular flexibility index (Phi) is 5.00. The van der Waals surface area contributed by atoms with Crippen LogP contribution < -0.4 is 10.2 Å². The van der Waals surface area contributed by atoms with E-state index < -0.39 is 0 Å². The maximum Gasteiger partial charge on any atom is 0.0634 e. The highest BCUT2D eigenvalue weighted by molar-refractivity contribution is 8.00. The number of anilines is 1. The fourth-order valence-corrected chi connectivity index (χ4v) is 5.78. The molecule has 2 heterocycles. The molecule has 1 aromatic carbocycles. The van der Waals surface area contributed by atoms with Gasteiger partial charge < -0.3 is 10.2 Å². The van der Waals surface area contributed by atoms with E-state index in [4.69, 9.17) is 0 Å². The van der Waals surface area contributed by atoms with Gasteiger partial charge in [0.25, 0.3) is 0 Å². The molecule has 1 saturated heterocycles. The molecule has 1 aliphatic carbocycles. The second kappa shape index (κ2) is 7.37. The number of nitrogens with one attached hydrogen (secondary N) is 1. The van der Waals surface area contributed by atoms with Gasteiger partial charge in [-0.05, 0) is 43.5 Å². The number of para-hydroxylation sites is 1. The molecule has 24 heavy (non-hydrogen) atoms. The fourth-order valence-electron chi connectivity index (χ4n) is 4.48. The van der Waals surface area contributed by atoms with Crippen molar-refractivity contribution in [1.82, 2.24) is 5.32 Å². The molecule has 0 bridgehead atoms. The van der Waals surface area contributed by atoms with Gasteiger partial charge in [-0.15, -0.1) is 11.8 Å². The molecule has 0 radical (unpaired) electrons. The first kappa shape index (κ1) is 16.3. The summed E-state index contributed by atoms with van der Waals surface area (Å²) in [5, 5.41) is 4.19. The summed E-state index contributed by atoms with van der Waals surface area (Å²) in [6.45, 7) is 5.88. The summed E-state index contributed by atoms with van der Waals surface area (Å²) in [6.07, 6.45) is 13.2. The molecule has 1 N–H and O–H groups in total. The summed E-state index contributed by atoms with van der Waals surface area (Å²) in [6, 6.07) is 9.47. The van der Waals surface area contributed by atoms with Gasteiger partial charge in [-0.1, -0.05) is 56.2 Å². The Morgan fingerprint density at radius 3 is 2.96 bits per heavy atom. The van der Waals surface area contributed by atoms with Crippen molar-refractivity contribution in [3.63, 3.8) is 0 Å². The largest absolute Gasteiger partial charge is 0.362 e. The minimum atomic E-state index is 0.499. The van der Waals surface area contributed by atoms with Crippen LogP contribution in [0.4, 0.5) is 5.69 Å². The molecular weight excluding hydrogens is 312 g/mol. The minimum Gasteiger partial charge on any atom is -0.362 e. The van der Waals surface area contributed by atoms with Gasteiger partial charge in [-0.3, -0.25) is 0 Å². The quantitative estimate of drug-likeness (QED) is 0.869. The van der Waals surface area contributed by atoms with Crippen molar-refractivity contribution < 1.29 is 0 Å². The molecule has 0 aromatic heterocycles. The van der Waals surface area contributed by atoms with E-state index in [-0.39, 0.29) is 0 Å². The number of rotatable bonds is 4. The predicted octanol–water partition coefficient (Wildman–Crippen LogP) is 4.49. The first-order valence-electron chi connectivity index (χ1n) is 9.45. The van der Waals surface area contributed by atoms with E-state index in [1.165, 1.54) is 49.5 Å². The lowest BCUT2D eigenvalue weighted by Crippen LogP contribution is -2.50. The van der Waals surface area contributed by atoms with Crippen LogP contribution in [0.25, 0.3) is 0 Å². The fraction of sp³-hybridized carbons (Fsp3) is 0.524. The lowest BCUT2D eigenvalue weighted by molar-refractivity contribution is 0.239. The Balaban J connectivity index is 1.61. The van der Waals surface area contributed by atoms with Crippen molar-refractivity contribution in [2.75, 3.05) is 24.5 Å². The van der Waals surface area contributed by atoms with E-state index in [1.54, 1.807) is 0 Å². The van der Waals surface area contributed by atoms with Crippen LogP contribution in [0.5, 0.6) is 0 Å². The van der Waals surface area contributed by atoms with Crippen LogP contribution in [-0.4, -0.2) is 30.9 Å². The number of fused-ring (bicyclic) bond motifs is 2. The molecule has 3 aliphatic rings. The molecular formula is C21H28N2S. The molecule has 2 nitrogen and oxygen atoms in total. The molecule has 0 saturated carbocycles. The van der Waals surface area contributed by atoms with Crippen LogP contribution >= 0.6 is 11.8 Å². The zero-order chi connectivity index (χ0) is 16.4. The Hall–Kier alpha value is -1.19. The molecule has 4 atom stereocenters. The number of allylic oxidation sites excluding steroid dienone is 2. The summed E-state index contributed by atoms with van der Waals surface area (Å²) >= 11 is 2.02. The minimum absolute atomic E-state index is 0.499. The van der Waals surface area contributed by atoms with Crippen LogP contribution in [0, 0.1) is 11.8 Å². The lowest BCUT2D eigenvalue weighted by atomic mass is 9.82. The summed E-state index contributed by atoms with van der Waals surface area (Å²) in [5.74, 6) is 1.63. The zero-order valence-electron chi connectivity index (χ0n) is 14.5. The first-order chi connectivity index (χ1) is 11.9. The monoisotopic (exact) mass is 340 g/mol. The number of hydrogen-bond acceptors (Lipinski definition) is 3. The molecule has 1 fully saturated rings. The molecule has 1 aromatic rings. The van der Waals surface area contributed by atoms with Gasteiger partial charge in [0.1, 0.15) is 0 Å². The van der Waals surface area contributed by atoms with Gasteiger partial charge in [-0.2, -0.15) is 0 Å². The van der Waals surface area contributed by atoms with E-state index >= 15 is 0 Å². The number of piperidine rings is 1. The van der Waals surface area contributed by atoms with Crippen molar-refractivity contribution in [3.05, 3.63) is 48.6 Å². The van der Waals surface area contributed by atoms with Crippen LogP contribution in [0.2, 0.25) is 0 Å². The first-order valence-corrected chi connectivity index (χ1v) is 10.3. The van der Waals surface area contributed by atoms with E-state index in [0.717, 1.165) is 11.8 Å². The van der Waals surface area contributed by atoms with Crippen LogP contribution in [-0.2, 0) is 0 Å². The molecule has 3 heteroatoms. The second-order valence-electron chi connectivity index (χ2n) is 7.26. The molecule has 128 valence electrons. The van der Waals surface area contributed by atoms with Crippen molar-refractivity contribution in [2.45, 2.75) is 42.4 Å². The molecule has 4 rings (SSSR count). The van der Waals surface area contributed by atoms with Gasteiger partial charge in [-0.25, -0.2) is 0 Å². The molecule has 2 aliphatic heterocycles. The SMILES string of the molecule is CCCC1CCNCC1CN1c2ccccc2SC2C=CC=CC21. The highest BCUT2D eigenvalue weighted by Gasteiger charge is 2.35. The van der Waals surface area contributed by atoms with Gasteiger partial charge in [0, 0.05) is 11.4 Å². The van der Waals surface area contributed by atoms with Gasteiger partial charge in [0.05, 0.1) is 17.0 Å². The van der Waals surface area contributed by atoms with Gasteiger partial charge >= 0.3 is 0 Å². The number of thioether (sulfide) groups is 1. The van der Waals surface area contributed by atoms with Gasteiger partial charge in [0.15, 0.2) is 0 Å². The molecule has 4 unspecified atom stereocenters. The Morgan fingerprint density at radius 2 is 2.04 bits per heavy atom.